The molecule has 0 spiro atoms. The summed E-state index contributed by atoms with van der Waals surface area (Å²) in [5.41, 5.74) is 0.566. The van der Waals surface area contributed by atoms with Gasteiger partial charge >= 0.3 is 0 Å². The second-order valence-electron chi connectivity index (χ2n) is 5.71. The Morgan fingerprint density at radius 2 is 2.07 bits per heavy atom. The van der Waals surface area contributed by atoms with Crippen LogP contribution in [0.15, 0.2) is 40.6 Å². The number of carbonyl (C=O) groups is 3. The van der Waals surface area contributed by atoms with Gasteiger partial charge in [-0.15, -0.1) is 11.3 Å². The predicted molar refractivity (Wildman–Crippen MR) is 103 cm³/mol. The van der Waals surface area contributed by atoms with Crippen molar-refractivity contribution in [2.24, 2.45) is 0 Å². The van der Waals surface area contributed by atoms with E-state index in [0.29, 0.717) is 22.1 Å². The smallest absolute Gasteiger partial charge is 0.293 e. The van der Waals surface area contributed by atoms with Crippen LogP contribution in [-0.2, 0) is 9.59 Å². The van der Waals surface area contributed by atoms with Gasteiger partial charge in [0.25, 0.3) is 11.1 Å². The molecule has 0 bridgehead atoms. The van der Waals surface area contributed by atoms with Crippen molar-refractivity contribution in [3.05, 3.63) is 45.5 Å². The number of anilines is 1. The van der Waals surface area contributed by atoms with Crippen LogP contribution >= 0.6 is 23.1 Å². The molecule has 3 heterocycles. The summed E-state index contributed by atoms with van der Waals surface area (Å²) in [6.07, 6.45) is 1.71. The number of nitrogens with one attached hydrogen (secondary N) is 1. The summed E-state index contributed by atoms with van der Waals surface area (Å²) in [6, 6.07) is 8.84. The second-order valence-corrected chi connectivity index (χ2v) is 7.69. The number of ether oxygens (including phenoxy) is 2. The maximum absolute atomic E-state index is 12.4. The summed E-state index contributed by atoms with van der Waals surface area (Å²) in [4.78, 5) is 39.0. The minimum atomic E-state index is -0.366. The number of thioether (sulfide) groups is 1. The van der Waals surface area contributed by atoms with Crippen molar-refractivity contribution in [2.45, 2.75) is 6.42 Å². The van der Waals surface area contributed by atoms with Crippen LogP contribution in [0.25, 0.3) is 6.08 Å². The molecule has 0 unspecified atom stereocenters. The minimum absolute atomic E-state index is 0.0127. The van der Waals surface area contributed by atoms with Crippen LogP contribution in [0.2, 0.25) is 0 Å². The summed E-state index contributed by atoms with van der Waals surface area (Å²) in [5, 5.41) is 4.27. The molecule has 1 aromatic carbocycles. The molecule has 1 N–H and O–H groups in total. The van der Waals surface area contributed by atoms with Crippen molar-refractivity contribution >= 4 is 51.9 Å². The van der Waals surface area contributed by atoms with E-state index in [1.54, 1.807) is 24.3 Å². The fourth-order valence-electron chi connectivity index (χ4n) is 2.61. The highest BCUT2D eigenvalue weighted by atomic mass is 32.2. The average molecular weight is 402 g/mol. The molecule has 0 saturated carbocycles. The Balaban J connectivity index is 1.35. The Bertz CT molecular complexity index is 939. The van der Waals surface area contributed by atoms with E-state index in [4.69, 9.17) is 9.47 Å². The standard InChI is InChI=1S/C18H14N2O5S2/c21-16(19-11-3-4-13-14(8-11)25-10-24-13)5-6-20-17(22)15(27-18(20)23)9-12-2-1-7-26-12/h1-4,7-9H,5-6,10H2,(H,19,21)/b15-9+. The van der Waals surface area contributed by atoms with Crippen molar-refractivity contribution in [3.63, 3.8) is 0 Å². The number of carbonyl (C=O) groups excluding carboxylic acids is 3. The van der Waals surface area contributed by atoms with E-state index in [2.05, 4.69) is 5.32 Å². The maximum atomic E-state index is 12.4. The molecule has 2 aliphatic rings. The van der Waals surface area contributed by atoms with Crippen LogP contribution in [0.3, 0.4) is 0 Å². The van der Waals surface area contributed by atoms with Gasteiger partial charge in [0.15, 0.2) is 11.5 Å². The first-order valence-electron chi connectivity index (χ1n) is 8.08. The van der Waals surface area contributed by atoms with Crippen LogP contribution in [-0.4, -0.2) is 35.3 Å². The average Bonchev–Trinajstić information content (AvgIpc) is 3.36. The summed E-state index contributed by atoms with van der Waals surface area (Å²) >= 11 is 2.38. The van der Waals surface area contributed by atoms with Crippen molar-refractivity contribution < 1.29 is 23.9 Å². The number of rotatable bonds is 5. The highest BCUT2D eigenvalue weighted by Gasteiger charge is 2.35. The largest absolute Gasteiger partial charge is 0.454 e. The quantitative estimate of drug-likeness (QED) is 0.770. The van der Waals surface area contributed by atoms with Crippen molar-refractivity contribution in [1.29, 1.82) is 0 Å². The van der Waals surface area contributed by atoms with Crippen LogP contribution < -0.4 is 14.8 Å². The number of benzene rings is 1. The third-order valence-electron chi connectivity index (χ3n) is 3.91. The fourth-order valence-corrected chi connectivity index (χ4v) is 4.19. The summed E-state index contributed by atoms with van der Waals surface area (Å²) in [5.74, 6) is 0.533. The molecule has 0 atom stereocenters. The van der Waals surface area contributed by atoms with Gasteiger partial charge in [0.05, 0.1) is 4.91 Å². The molecule has 2 aliphatic heterocycles. The van der Waals surface area contributed by atoms with Crippen molar-refractivity contribution in [3.8, 4) is 11.5 Å². The summed E-state index contributed by atoms with van der Waals surface area (Å²) < 4.78 is 10.5. The van der Waals surface area contributed by atoms with Gasteiger partial charge in [0, 0.05) is 29.6 Å². The lowest BCUT2D eigenvalue weighted by molar-refractivity contribution is -0.123. The summed E-state index contributed by atoms with van der Waals surface area (Å²) in [6.45, 7) is 0.188. The zero-order valence-electron chi connectivity index (χ0n) is 14.0. The monoisotopic (exact) mass is 402 g/mol. The Morgan fingerprint density at radius 1 is 1.22 bits per heavy atom. The number of amides is 3. The SMILES string of the molecule is O=C(CCN1C(=O)S/C(=C/c2cccs2)C1=O)Nc1ccc2c(c1)OCO2. The Kier molecular flexibility index (Phi) is 4.87. The van der Waals surface area contributed by atoms with Crippen molar-refractivity contribution in [2.75, 3.05) is 18.7 Å². The fraction of sp³-hybridized carbons (Fsp3) is 0.167. The number of fused-ring (bicyclic) bond motifs is 1. The Morgan fingerprint density at radius 3 is 2.89 bits per heavy atom. The van der Waals surface area contributed by atoms with Gasteiger partial charge in [-0.2, -0.15) is 0 Å². The lowest BCUT2D eigenvalue weighted by Crippen LogP contribution is -2.31. The number of nitrogens with zero attached hydrogens (tertiary/aromatic N) is 1. The molecule has 0 aliphatic carbocycles. The van der Waals surface area contributed by atoms with E-state index in [1.165, 1.54) is 11.3 Å². The normalized spacial score (nSPS) is 17.0. The zero-order valence-corrected chi connectivity index (χ0v) is 15.6. The summed E-state index contributed by atoms with van der Waals surface area (Å²) in [7, 11) is 0. The molecule has 1 aromatic heterocycles. The zero-order chi connectivity index (χ0) is 18.8. The van der Waals surface area contributed by atoms with Gasteiger partial charge in [-0.1, -0.05) is 6.07 Å². The number of thiophene rings is 1. The second kappa shape index (κ2) is 7.45. The molecule has 27 heavy (non-hydrogen) atoms. The number of hydrogen-bond donors (Lipinski definition) is 1. The molecular weight excluding hydrogens is 388 g/mol. The van der Waals surface area contributed by atoms with Crippen LogP contribution in [0.1, 0.15) is 11.3 Å². The van der Waals surface area contributed by atoms with Crippen LogP contribution in [0.5, 0.6) is 11.5 Å². The molecule has 9 heteroatoms. The van der Waals surface area contributed by atoms with Gasteiger partial charge in [-0.25, -0.2) is 0 Å². The number of imide groups is 1. The molecule has 138 valence electrons. The molecule has 4 rings (SSSR count). The molecule has 3 amide bonds. The van der Waals surface area contributed by atoms with E-state index >= 15 is 0 Å². The molecule has 0 radical (unpaired) electrons. The lowest BCUT2D eigenvalue weighted by atomic mass is 10.2. The van der Waals surface area contributed by atoms with E-state index in [0.717, 1.165) is 21.5 Å². The van der Waals surface area contributed by atoms with E-state index in [9.17, 15) is 14.4 Å². The predicted octanol–water partition coefficient (Wildman–Crippen LogP) is 3.54. The van der Waals surface area contributed by atoms with Crippen LogP contribution in [0.4, 0.5) is 10.5 Å². The van der Waals surface area contributed by atoms with E-state index in [-0.39, 0.29) is 36.8 Å². The van der Waals surface area contributed by atoms with E-state index in [1.807, 2.05) is 17.5 Å². The first-order valence-corrected chi connectivity index (χ1v) is 9.78. The molecule has 2 aromatic rings. The number of hydrogen-bond acceptors (Lipinski definition) is 7. The van der Waals surface area contributed by atoms with Crippen LogP contribution in [0, 0.1) is 0 Å². The van der Waals surface area contributed by atoms with Gasteiger partial charge in [0.1, 0.15) is 0 Å². The minimum Gasteiger partial charge on any atom is -0.454 e. The third-order valence-corrected chi connectivity index (χ3v) is 5.64. The van der Waals surface area contributed by atoms with Crippen molar-refractivity contribution in [1.82, 2.24) is 4.90 Å². The topological polar surface area (TPSA) is 84.9 Å². The first kappa shape index (κ1) is 17.6. The van der Waals surface area contributed by atoms with E-state index < -0.39 is 0 Å². The highest BCUT2D eigenvalue weighted by molar-refractivity contribution is 8.18. The highest BCUT2D eigenvalue weighted by Crippen LogP contribution is 2.35. The Labute approximate surface area is 162 Å². The first-order chi connectivity index (χ1) is 13.1. The van der Waals surface area contributed by atoms with Gasteiger partial charge in [-0.05, 0) is 41.4 Å². The third kappa shape index (κ3) is 3.83. The maximum Gasteiger partial charge on any atom is 0.293 e. The van der Waals surface area contributed by atoms with Gasteiger partial charge in [-0.3, -0.25) is 19.3 Å². The molecular formula is C18H14N2O5S2. The molecule has 1 fully saturated rings. The molecule has 7 nitrogen and oxygen atoms in total. The van der Waals surface area contributed by atoms with Gasteiger partial charge in [0.2, 0.25) is 12.7 Å². The Hall–Kier alpha value is -2.78. The molecule has 1 saturated heterocycles. The van der Waals surface area contributed by atoms with Gasteiger partial charge < -0.3 is 14.8 Å². The lowest BCUT2D eigenvalue weighted by Gasteiger charge is -2.12.